The van der Waals surface area contributed by atoms with E-state index in [0.717, 1.165) is 22.3 Å². The van der Waals surface area contributed by atoms with Gasteiger partial charge < -0.3 is 19.5 Å². The second-order valence-corrected chi connectivity index (χ2v) is 6.75. The number of benzene rings is 2. The number of aryl methyl sites for hydroxylation is 3. The van der Waals surface area contributed by atoms with Crippen molar-refractivity contribution < 1.29 is 23.8 Å². The van der Waals surface area contributed by atoms with Gasteiger partial charge in [0, 0.05) is 5.56 Å². The fourth-order valence-electron chi connectivity index (χ4n) is 3.24. The largest absolute Gasteiger partial charge is 0.497 e. The molecule has 1 N–H and O–H groups in total. The van der Waals surface area contributed by atoms with Gasteiger partial charge in [-0.3, -0.25) is 4.79 Å². The molecule has 0 bridgehead atoms. The number of hydrogen-bond acceptors (Lipinski definition) is 5. The van der Waals surface area contributed by atoms with E-state index in [2.05, 4.69) is 5.32 Å². The van der Waals surface area contributed by atoms with Crippen LogP contribution < -0.4 is 14.8 Å². The highest BCUT2D eigenvalue weighted by Crippen LogP contribution is 2.29. The van der Waals surface area contributed by atoms with Crippen molar-refractivity contribution >= 4 is 11.9 Å². The van der Waals surface area contributed by atoms with E-state index in [-0.39, 0.29) is 12.6 Å². The molecule has 0 radical (unpaired) electrons. The highest BCUT2D eigenvalue weighted by molar-refractivity contribution is 5.94. The molecule has 0 aromatic heterocycles. The maximum Gasteiger partial charge on any atom is 0.339 e. The number of nitrogens with one attached hydrogen (secondary N) is 1. The molecule has 2 rings (SSSR count). The summed E-state index contributed by atoms with van der Waals surface area (Å²) in [4.78, 5) is 24.7. The molecule has 0 fully saturated rings. The first-order valence-corrected chi connectivity index (χ1v) is 9.03. The van der Waals surface area contributed by atoms with Crippen LogP contribution in [0.1, 0.15) is 45.6 Å². The lowest BCUT2D eigenvalue weighted by atomic mass is 10.00. The summed E-state index contributed by atoms with van der Waals surface area (Å²) < 4.78 is 15.8. The molecule has 0 unspecified atom stereocenters. The molecule has 6 nitrogen and oxygen atoms in total. The van der Waals surface area contributed by atoms with Gasteiger partial charge in [-0.2, -0.15) is 0 Å². The fraction of sp³-hybridized carbons (Fsp3) is 0.364. The molecule has 0 saturated carbocycles. The normalized spacial score (nSPS) is 11.5. The zero-order chi connectivity index (χ0) is 20.8. The summed E-state index contributed by atoms with van der Waals surface area (Å²) >= 11 is 0. The van der Waals surface area contributed by atoms with Crippen molar-refractivity contribution in [3.8, 4) is 11.5 Å². The summed E-state index contributed by atoms with van der Waals surface area (Å²) in [5.41, 5.74) is 4.01. The maximum atomic E-state index is 12.4. The van der Waals surface area contributed by atoms with Gasteiger partial charge in [0.25, 0.3) is 5.91 Å². The van der Waals surface area contributed by atoms with Crippen LogP contribution in [0.3, 0.4) is 0 Å². The number of amides is 1. The summed E-state index contributed by atoms with van der Waals surface area (Å²) in [7, 11) is 3.14. The number of carbonyl (C=O) groups is 2. The van der Waals surface area contributed by atoms with Crippen molar-refractivity contribution in [2.75, 3.05) is 20.8 Å². The monoisotopic (exact) mass is 385 g/mol. The number of esters is 1. The van der Waals surface area contributed by atoms with E-state index in [0.29, 0.717) is 17.1 Å². The van der Waals surface area contributed by atoms with Crippen molar-refractivity contribution in [2.24, 2.45) is 0 Å². The van der Waals surface area contributed by atoms with Gasteiger partial charge >= 0.3 is 5.97 Å². The lowest BCUT2D eigenvalue weighted by molar-refractivity contribution is -0.124. The minimum atomic E-state index is -0.503. The Kier molecular flexibility index (Phi) is 7.04. The zero-order valence-corrected chi connectivity index (χ0v) is 17.2. The number of carbonyl (C=O) groups excluding carboxylic acids is 2. The van der Waals surface area contributed by atoms with Crippen molar-refractivity contribution in [1.82, 2.24) is 5.32 Å². The van der Waals surface area contributed by atoms with Gasteiger partial charge in [0.1, 0.15) is 11.5 Å². The standard InChI is InChI=1S/C22H27NO5/c1-13-9-14(2)21(15(3)10-13)22(25)28-12-20(24)23-16(4)18-11-17(26-5)7-8-19(18)27-6/h7-11,16H,12H2,1-6H3,(H,23,24)/t16-/m1/s1. The summed E-state index contributed by atoms with van der Waals surface area (Å²) in [6, 6.07) is 8.85. The maximum absolute atomic E-state index is 12.4. The molecule has 1 atom stereocenters. The highest BCUT2D eigenvalue weighted by atomic mass is 16.5. The Balaban J connectivity index is 2.02. The van der Waals surface area contributed by atoms with Crippen LogP contribution in [0.25, 0.3) is 0 Å². The summed E-state index contributed by atoms with van der Waals surface area (Å²) in [5, 5.41) is 2.82. The SMILES string of the molecule is COc1ccc(OC)c([C@@H](C)NC(=O)COC(=O)c2c(C)cc(C)cc2C)c1. The molecule has 0 heterocycles. The van der Waals surface area contributed by atoms with Gasteiger partial charge in [0.05, 0.1) is 25.8 Å². The van der Waals surface area contributed by atoms with Gasteiger partial charge in [-0.1, -0.05) is 17.7 Å². The second kappa shape index (κ2) is 9.26. The first kappa shape index (κ1) is 21.3. The lowest BCUT2D eigenvalue weighted by Crippen LogP contribution is -2.31. The third-order valence-corrected chi connectivity index (χ3v) is 4.50. The predicted octanol–water partition coefficient (Wildman–Crippen LogP) is 3.66. The molecular formula is C22H27NO5. The molecule has 1 amide bonds. The Morgan fingerprint density at radius 2 is 1.64 bits per heavy atom. The first-order chi connectivity index (χ1) is 13.3. The topological polar surface area (TPSA) is 73.9 Å². The second-order valence-electron chi connectivity index (χ2n) is 6.75. The summed E-state index contributed by atoms with van der Waals surface area (Å²) in [5.74, 6) is 0.398. The molecular weight excluding hydrogens is 358 g/mol. The van der Waals surface area contributed by atoms with E-state index in [1.807, 2.05) is 39.8 Å². The van der Waals surface area contributed by atoms with Crippen LogP contribution in [-0.4, -0.2) is 32.7 Å². The Morgan fingerprint density at radius 1 is 1.00 bits per heavy atom. The van der Waals surface area contributed by atoms with Crippen LogP contribution in [-0.2, 0) is 9.53 Å². The van der Waals surface area contributed by atoms with Crippen molar-refractivity contribution in [3.05, 3.63) is 58.1 Å². The van der Waals surface area contributed by atoms with Crippen LogP contribution in [0.15, 0.2) is 30.3 Å². The quantitative estimate of drug-likeness (QED) is 0.736. The van der Waals surface area contributed by atoms with Crippen molar-refractivity contribution in [2.45, 2.75) is 33.7 Å². The Bertz CT molecular complexity index is 852. The number of methoxy groups -OCH3 is 2. The van der Waals surface area contributed by atoms with Crippen molar-refractivity contribution in [1.29, 1.82) is 0 Å². The number of hydrogen-bond donors (Lipinski definition) is 1. The molecule has 0 saturated heterocycles. The van der Waals surface area contributed by atoms with E-state index < -0.39 is 11.9 Å². The van der Waals surface area contributed by atoms with E-state index in [1.165, 1.54) is 0 Å². The van der Waals surface area contributed by atoms with Crippen LogP contribution in [0.4, 0.5) is 0 Å². The van der Waals surface area contributed by atoms with Crippen LogP contribution in [0.2, 0.25) is 0 Å². The predicted molar refractivity (Wildman–Crippen MR) is 107 cm³/mol. The Morgan fingerprint density at radius 3 is 2.21 bits per heavy atom. The van der Waals surface area contributed by atoms with E-state index in [4.69, 9.17) is 14.2 Å². The zero-order valence-electron chi connectivity index (χ0n) is 17.2. The molecule has 150 valence electrons. The minimum absolute atomic E-state index is 0.348. The average molecular weight is 385 g/mol. The van der Waals surface area contributed by atoms with E-state index in [9.17, 15) is 9.59 Å². The molecule has 0 spiro atoms. The molecule has 0 aliphatic carbocycles. The van der Waals surface area contributed by atoms with E-state index in [1.54, 1.807) is 32.4 Å². The van der Waals surface area contributed by atoms with Crippen molar-refractivity contribution in [3.63, 3.8) is 0 Å². The molecule has 28 heavy (non-hydrogen) atoms. The van der Waals surface area contributed by atoms with E-state index >= 15 is 0 Å². The number of rotatable bonds is 7. The van der Waals surface area contributed by atoms with Gasteiger partial charge in [-0.05, 0) is 57.0 Å². The third-order valence-electron chi connectivity index (χ3n) is 4.50. The number of ether oxygens (including phenoxy) is 3. The van der Waals surface area contributed by atoms with Gasteiger partial charge in [-0.15, -0.1) is 0 Å². The molecule has 2 aromatic carbocycles. The van der Waals surface area contributed by atoms with Crippen LogP contribution in [0, 0.1) is 20.8 Å². The Labute approximate surface area is 165 Å². The average Bonchev–Trinajstić information content (AvgIpc) is 2.64. The lowest BCUT2D eigenvalue weighted by Gasteiger charge is -2.18. The van der Waals surface area contributed by atoms with Gasteiger partial charge in [0.15, 0.2) is 6.61 Å². The smallest absolute Gasteiger partial charge is 0.339 e. The van der Waals surface area contributed by atoms with Crippen LogP contribution in [0.5, 0.6) is 11.5 Å². The molecule has 2 aromatic rings. The Hall–Kier alpha value is -3.02. The third kappa shape index (κ3) is 5.03. The first-order valence-electron chi connectivity index (χ1n) is 9.03. The summed E-state index contributed by atoms with van der Waals surface area (Å²) in [6.45, 7) is 7.14. The minimum Gasteiger partial charge on any atom is -0.497 e. The summed E-state index contributed by atoms with van der Waals surface area (Å²) in [6.07, 6.45) is 0. The van der Waals surface area contributed by atoms with Gasteiger partial charge in [-0.25, -0.2) is 4.79 Å². The van der Waals surface area contributed by atoms with Crippen LogP contribution >= 0.6 is 0 Å². The highest BCUT2D eigenvalue weighted by Gasteiger charge is 2.18. The molecule has 6 heteroatoms. The molecule has 0 aliphatic rings. The molecule has 0 aliphatic heterocycles. The fourth-order valence-corrected chi connectivity index (χ4v) is 3.24. The van der Waals surface area contributed by atoms with Gasteiger partial charge in [0.2, 0.25) is 0 Å².